The van der Waals surface area contributed by atoms with Crippen molar-refractivity contribution >= 4 is 17.8 Å². The number of hydrogen-bond donors (Lipinski definition) is 3. The van der Waals surface area contributed by atoms with Gasteiger partial charge in [-0.25, -0.2) is 15.0 Å². The lowest BCUT2D eigenvalue weighted by atomic mass is 10.3. The molecule has 21 heavy (non-hydrogen) atoms. The topological polar surface area (TPSA) is 119 Å². The maximum Gasteiger partial charge on any atom is 0.275 e. The zero-order valence-electron chi connectivity index (χ0n) is 11.7. The molecule has 2 rings (SSSR count). The Balaban J connectivity index is 1.99. The van der Waals surface area contributed by atoms with Gasteiger partial charge in [0.05, 0.1) is 0 Å². The van der Waals surface area contributed by atoms with Crippen molar-refractivity contribution in [2.75, 3.05) is 0 Å². The first kappa shape index (κ1) is 14.4. The fourth-order valence-electron chi connectivity index (χ4n) is 1.62. The van der Waals surface area contributed by atoms with Crippen LogP contribution in [0.5, 0.6) is 0 Å². The van der Waals surface area contributed by atoms with Gasteiger partial charge in [-0.15, -0.1) is 0 Å². The third-order valence-corrected chi connectivity index (χ3v) is 2.46. The van der Waals surface area contributed by atoms with E-state index in [4.69, 9.17) is 5.73 Å². The van der Waals surface area contributed by atoms with Crippen LogP contribution in [0, 0.1) is 13.8 Å². The Bertz CT molecular complexity index is 649. The number of pyridine rings is 1. The van der Waals surface area contributed by atoms with E-state index in [0.717, 1.165) is 11.4 Å². The van der Waals surface area contributed by atoms with Crippen LogP contribution in [0.4, 0.5) is 5.95 Å². The Morgan fingerprint density at radius 2 is 2.00 bits per heavy atom. The summed E-state index contributed by atoms with van der Waals surface area (Å²) >= 11 is 0. The number of aryl methyl sites for hydroxylation is 2. The number of aromatic amines is 1. The molecule has 5 N–H and O–H groups in total. The molecule has 108 valence electrons. The highest BCUT2D eigenvalue weighted by Gasteiger charge is 2.07. The van der Waals surface area contributed by atoms with Crippen molar-refractivity contribution in [2.45, 2.75) is 13.8 Å². The predicted molar refractivity (Wildman–Crippen MR) is 76.4 cm³/mol. The number of nitrogens with two attached hydrogens (primary N) is 1. The van der Waals surface area contributed by atoms with Crippen molar-refractivity contribution in [3.63, 3.8) is 0 Å². The van der Waals surface area contributed by atoms with Gasteiger partial charge in [0, 0.05) is 17.5 Å². The molecule has 0 aliphatic heterocycles. The highest BCUT2D eigenvalue weighted by atomic mass is 16.2. The molecular weight excluding hydrogens is 270 g/mol. The van der Waals surface area contributed by atoms with Crippen molar-refractivity contribution in [1.82, 2.24) is 20.8 Å². The molecule has 2 heterocycles. The van der Waals surface area contributed by atoms with Crippen LogP contribution in [0.15, 0.2) is 35.6 Å². The SMILES string of the molecule is Cc1cc(C)nc(N=C(N)NNC(=O)c2ccc[nH+]c2)n1. The van der Waals surface area contributed by atoms with E-state index in [-0.39, 0.29) is 17.8 Å². The first-order chi connectivity index (χ1) is 10.0. The number of hydrazine groups is 1. The van der Waals surface area contributed by atoms with E-state index < -0.39 is 0 Å². The average Bonchev–Trinajstić information content (AvgIpc) is 2.44. The van der Waals surface area contributed by atoms with Crippen molar-refractivity contribution < 1.29 is 9.78 Å². The number of carbonyl (C=O) groups is 1. The Kier molecular flexibility index (Phi) is 4.39. The zero-order valence-corrected chi connectivity index (χ0v) is 11.7. The second kappa shape index (κ2) is 6.42. The second-order valence-corrected chi connectivity index (χ2v) is 4.32. The van der Waals surface area contributed by atoms with Gasteiger partial charge in [0.25, 0.3) is 11.9 Å². The normalized spacial score (nSPS) is 11.0. The van der Waals surface area contributed by atoms with Gasteiger partial charge in [0.15, 0.2) is 12.4 Å². The molecule has 8 nitrogen and oxygen atoms in total. The van der Waals surface area contributed by atoms with E-state index in [0.29, 0.717) is 5.56 Å². The van der Waals surface area contributed by atoms with Crippen molar-refractivity contribution in [3.05, 3.63) is 47.5 Å². The fraction of sp³-hybridized carbons (Fsp3) is 0.154. The van der Waals surface area contributed by atoms with Gasteiger partial charge in [-0.3, -0.25) is 15.6 Å². The average molecular weight is 286 g/mol. The molecule has 0 aliphatic rings. The summed E-state index contributed by atoms with van der Waals surface area (Å²) in [6, 6.07) is 5.21. The van der Waals surface area contributed by atoms with Gasteiger partial charge in [-0.05, 0) is 26.0 Å². The lowest BCUT2D eigenvalue weighted by Crippen LogP contribution is -2.45. The van der Waals surface area contributed by atoms with Crippen LogP contribution < -0.4 is 21.6 Å². The molecule has 0 fully saturated rings. The highest BCUT2D eigenvalue weighted by Crippen LogP contribution is 2.06. The molecule has 0 unspecified atom stereocenters. The third-order valence-electron chi connectivity index (χ3n) is 2.46. The Morgan fingerprint density at radius 3 is 2.62 bits per heavy atom. The van der Waals surface area contributed by atoms with E-state index in [1.807, 2.05) is 19.9 Å². The van der Waals surface area contributed by atoms with E-state index >= 15 is 0 Å². The first-order valence-corrected chi connectivity index (χ1v) is 6.23. The predicted octanol–water partition coefficient (Wildman–Crippen LogP) is -0.212. The van der Waals surface area contributed by atoms with Crippen molar-refractivity contribution in [2.24, 2.45) is 10.7 Å². The minimum atomic E-state index is -0.341. The van der Waals surface area contributed by atoms with Crippen LogP contribution >= 0.6 is 0 Å². The number of rotatable bonds is 2. The molecule has 0 saturated heterocycles. The maximum absolute atomic E-state index is 11.8. The number of H-pyrrole nitrogens is 1. The quantitative estimate of drug-likeness (QED) is 0.401. The van der Waals surface area contributed by atoms with Crippen LogP contribution in [-0.2, 0) is 0 Å². The van der Waals surface area contributed by atoms with E-state index in [9.17, 15) is 4.79 Å². The number of amides is 1. The molecule has 0 radical (unpaired) electrons. The van der Waals surface area contributed by atoms with Crippen molar-refractivity contribution in [3.8, 4) is 0 Å². The second-order valence-electron chi connectivity index (χ2n) is 4.32. The lowest BCUT2D eigenvalue weighted by Gasteiger charge is -2.06. The van der Waals surface area contributed by atoms with Gasteiger partial charge < -0.3 is 5.73 Å². The molecular formula is C13H16N7O+. The molecule has 0 bridgehead atoms. The van der Waals surface area contributed by atoms with Crippen LogP contribution in [0.3, 0.4) is 0 Å². The van der Waals surface area contributed by atoms with Gasteiger partial charge >= 0.3 is 0 Å². The molecule has 2 aromatic rings. The number of nitrogens with zero attached hydrogens (tertiary/aromatic N) is 3. The number of guanidine groups is 1. The van der Waals surface area contributed by atoms with Gasteiger partial charge in [0.2, 0.25) is 5.96 Å². The zero-order chi connectivity index (χ0) is 15.2. The fourth-order valence-corrected chi connectivity index (χ4v) is 1.62. The molecule has 8 heteroatoms. The van der Waals surface area contributed by atoms with Crippen LogP contribution in [0.25, 0.3) is 0 Å². The molecule has 2 aromatic heterocycles. The molecule has 0 spiro atoms. The van der Waals surface area contributed by atoms with Crippen molar-refractivity contribution in [1.29, 1.82) is 0 Å². The molecule has 0 aliphatic carbocycles. The van der Waals surface area contributed by atoms with Gasteiger partial charge in [-0.2, -0.15) is 4.99 Å². The minimum absolute atomic E-state index is 0.00624. The maximum atomic E-state index is 11.8. The summed E-state index contributed by atoms with van der Waals surface area (Å²) in [5.41, 5.74) is 12.6. The van der Waals surface area contributed by atoms with Crippen LogP contribution in [0.2, 0.25) is 0 Å². The van der Waals surface area contributed by atoms with E-state index in [1.165, 1.54) is 0 Å². The molecule has 0 saturated carbocycles. The Morgan fingerprint density at radius 1 is 1.29 bits per heavy atom. The smallest absolute Gasteiger partial charge is 0.275 e. The van der Waals surface area contributed by atoms with E-state index in [2.05, 4.69) is 30.8 Å². The minimum Gasteiger partial charge on any atom is -0.368 e. The molecule has 1 amide bonds. The number of aromatic nitrogens is 3. The Labute approximate surface area is 121 Å². The summed E-state index contributed by atoms with van der Waals surface area (Å²) in [6.45, 7) is 3.68. The number of hydrogen-bond acceptors (Lipinski definition) is 4. The number of aliphatic imine (C=N–C) groups is 1. The number of carbonyl (C=O) groups excluding carboxylic acids is 1. The van der Waals surface area contributed by atoms with Gasteiger partial charge in [-0.1, -0.05) is 0 Å². The number of nitrogens with one attached hydrogen (secondary N) is 3. The summed E-state index contributed by atoms with van der Waals surface area (Å²) in [5.74, 6) is -0.112. The lowest BCUT2D eigenvalue weighted by molar-refractivity contribution is -0.378. The molecule has 0 atom stereocenters. The standard InChI is InChI=1S/C13H15N7O/c1-8-6-9(2)17-13(16-8)18-12(14)20-19-11(21)10-4-3-5-15-7-10/h3-7H,1-2H3,(H,19,21)(H3,14,16,17,18,20)/p+1. The summed E-state index contributed by atoms with van der Waals surface area (Å²) in [6.07, 6.45) is 3.27. The summed E-state index contributed by atoms with van der Waals surface area (Å²) < 4.78 is 0. The van der Waals surface area contributed by atoms with Gasteiger partial charge in [0.1, 0.15) is 5.56 Å². The third kappa shape index (κ3) is 4.23. The molecule has 0 aromatic carbocycles. The van der Waals surface area contributed by atoms with Crippen LogP contribution in [0.1, 0.15) is 21.7 Å². The monoisotopic (exact) mass is 286 g/mol. The highest BCUT2D eigenvalue weighted by molar-refractivity contribution is 5.95. The van der Waals surface area contributed by atoms with E-state index in [1.54, 1.807) is 24.5 Å². The largest absolute Gasteiger partial charge is 0.368 e. The summed E-state index contributed by atoms with van der Waals surface area (Å²) in [7, 11) is 0. The van der Waals surface area contributed by atoms with Crippen LogP contribution in [-0.4, -0.2) is 21.8 Å². The summed E-state index contributed by atoms with van der Waals surface area (Å²) in [5, 5.41) is 0. The summed E-state index contributed by atoms with van der Waals surface area (Å²) in [4.78, 5) is 26.8. The Hall–Kier alpha value is -3.03. The first-order valence-electron chi connectivity index (χ1n) is 6.23.